The van der Waals surface area contributed by atoms with Gasteiger partial charge in [-0.25, -0.2) is 0 Å². The molecule has 0 unspecified atom stereocenters. The van der Waals surface area contributed by atoms with E-state index in [2.05, 4.69) is 81.1 Å². The van der Waals surface area contributed by atoms with Crippen LogP contribution in [-0.4, -0.2) is 0 Å². The van der Waals surface area contributed by atoms with E-state index in [9.17, 15) is 0 Å². The monoisotopic (exact) mass is 314 g/mol. The minimum Gasteiger partial charge on any atom is -0.135 e. The minimum absolute atomic E-state index is 1.08. The van der Waals surface area contributed by atoms with E-state index in [0.717, 1.165) is 5.57 Å². The van der Waals surface area contributed by atoms with E-state index >= 15 is 0 Å². The lowest BCUT2D eigenvalue weighted by Gasteiger charge is -2.07. The molecule has 0 aliphatic rings. The van der Waals surface area contributed by atoms with E-state index in [-0.39, 0.29) is 0 Å². The fourth-order valence-corrected chi connectivity index (χ4v) is 4.07. The zero-order valence-corrected chi connectivity index (χ0v) is 14.2. The van der Waals surface area contributed by atoms with Gasteiger partial charge in [-0.05, 0) is 54.8 Å². The van der Waals surface area contributed by atoms with Crippen LogP contribution in [0.1, 0.15) is 22.3 Å². The molecule has 1 heteroatoms. The highest BCUT2D eigenvalue weighted by Crippen LogP contribution is 2.36. The average Bonchev–Trinajstić information content (AvgIpc) is 2.92. The summed E-state index contributed by atoms with van der Waals surface area (Å²) in [7, 11) is 0. The molecule has 0 fully saturated rings. The summed E-state index contributed by atoms with van der Waals surface area (Å²) in [4.78, 5) is 0. The summed E-state index contributed by atoms with van der Waals surface area (Å²) in [5, 5.41) is 2.68. The van der Waals surface area contributed by atoms with E-state index in [1.54, 1.807) is 0 Å². The Morgan fingerprint density at radius 1 is 0.696 bits per heavy atom. The van der Waals surface area contributed by atoms with Crippen molar-refractivity contribution in [2.75, 3.05) is 0 Å². The van der Waals surface area contributed by atoms with Gasteiger partial charge in [-0.2, -0.15) is 0 Å². The molecule has 1 heterocycles. The molecule has 0 amide bonds. The smallest absolute Gasteiger partial charge is 0.0355 e. The van der Waals surface area contributed by atoms with Gasteiger partial charge < -0.3 is 0 Å². The molecule has 0 bridgehead atoms. The van der Waals surface area contributed by atoms with Gasteiger partial charge >= 0.3 is 0 Å². The van der Waals surface area contributed by atoms with Crippen LogP contribution in [0.3, 0.4) is 0 Å². The van der Waals surface area contributed by atoms with Gasteiger partial charge in [0.1, 0.15) is 0 Å². The second-order valence-corrected chi connectivity index (χ2v) is 7.24. The molecule has 1 aromatic heterocycles. The number of rotatable bonds is 2. The van der Waals surface area contributed by atoms with Gasteiger partial charge in [0.25, 0.3) is 0 Å². The molecule has 0 saturated carbocycles. The summed E-state index contributed by atoms with van der Waals surface area (Å²) in [5.74, 6) is 0. The van der Waals surface area contributed by atoms with Crippen molar-refractivity contribution in [1.29, 1.82) is 0 Å². The Balaban J connectivity index is 1.87. The molecule has 4 aromatic rings. The van der Waals surface area contributed by atoms with Crippen molar-refractivity contribution in [3.8, 4) is 0 Å². The number of benzene rings is 3. The topological polar surface area (TPSA) is 0 Å². The first-order chi connectivity index (χ1) is 11.1. The predicted molar refractivity (Wildman–Crippen MR) is 103 cm³/mol. The van der Waals surface area contributed by atoms with E-state index < -0.39 is 0 Å². The Bertz CT molecular complexity index is 1030. The summed E-state index contributed by atoms with van der Waals surface area (Å²) in [6.07, 6.45) is 0. The molecule has 0 N–H and O–H groups in total. The van der Waals surface area contributed by atoms with Crippen LogP contribution in [0.25, 0.3) is 25.7 Å². The number of hydrogen-bond acceptors (Lipinski definition) is 1. The quantitative estimate of drug-likeness (QED) is 0.384. The highest BCUT2D eigenvalue weighted by atomic mass is 32.1. The standard InChI is InChI=1S/C22H18S/c1-14-4-7-17(8-5-14)16(3)18-9-11-22-20(13-18)19-12-15(2)6-10-21(19)23-22/h4-13H,3H2,1-2H3. The third kappa shape index (κ3) is 2.47. The summed E-state index contributed by atoms with van der Waals surface area (Å²) in [6.45, 7) is 8.58. The maximum Gasteiger partial charge on any atom is 0.0355 e. The van der Waals surface area contributed by atoms with Gasteiger partial charge in [-0.15, -0.1) is 11.3 Å². The predicted octanol–water partition coefficient (Wildman–Crippen LogP) is 6.73. The molecule has 0 saturated heterocycles. The number of aryl methyl sites for hydroxylation is 2. The van der Waals surface area contributed by atoms with Crippen LogP contribution in [0.2, 0.25) is 0 Å². The van der Waals surface area contributed by atoms with Gasteiger partial charge in [-0.1, -0.05) is 54.1 Å². The normalized spacial score (nSPS) is 11.2. The van der Waals surface area contributed by atoms with Crippen LogP contribution in [-0.2, 0) is 0 Å². The molecule has 23 heavy (non-hydrogen) atoms. The summed E-state index contributed by atoms with van der Waals surface area (Å²) < 4.78 is 2.69. The van der Waals surface area contributed by atoms with E-state index in [1.165, 1.54) is 42.4 Å². The molecular formula is C22H18S. The summed E-state index contributed by atoms with van der Waals surface area (Å²) >= 11 is 1.86. The Hall–Kier alpha value is -2.38. The van der Waals surface area contributed by atoms with Crippen LogP contribution in [0, 0.1) is 13.8 Å². The zero-order valence-electron chi connectivity index (χ0n) is 13.4. The van der Waals surface area contributed by atoms with Gasteiger partial charge in [-0.3, -0.25) is 0 Å². The highest BCUT2D eigenvalue weighted by Gasteiger charge is 2.08. The van der Waals surface area contributed by atoms with Crippen LogP contribution in [0.15, 0.2) is 67.2 Å². The largest absolute Gasteiger partial charge is 0.135 e. The van der Waals surface area contributed by atoms with Gasteiger partial charge in [0, 0.05) is 20.2 Å². The molecule has 0 aliphatic carbocycles. The Morgan fingerprint density at radius 2 is 1.26 bits per heavy atom. The van der Waals surface area contributed by atoms with Crippen molar-refractivity contribution in [2.45, 2.75) is 13.8 Å². The Labute approximate surface area is 140 Å². The molecule has 0 atom stereocenters. The average molecular weight is 314 g/mol. The molecule has 3 aromatic carbocycles. The minimum atomic E-state index is 1.08. The van der Waals surface area contributed by atoms with Crippen molar-refractivity contribution in [1.82, 2.24) is 0 Å². The molecule has 0 radical (unpaired) electrons. The number of thiophene rings is 1. The molecule has 4 rings (SSSR count). The lowest BCUT2D eigenvalue weighted by molar-refractivity contribution is 1.45. The van der Waals surface area contributed by atoms with Gasteiger partial charge in [0.05, 0.1) is 0 Å². The fraction of sp³-hybridized carbons (Fsp3) is 0.0909. The van der Waals surface area contributed by atoms with Crippen molar-refractivity contribution >= 4 is 37.1 Å². The second-order valence-electron chi connectivity index (χ2n) is 6.16. The van der Waals surface area contributed by atoms with E-state index in [0.29, 0.717) is 0 Å². The fourth-order valence-electron chi connectivity index (χ4n) is 3.00. The second kappa shape index (κ2) is 5.36. The number of fused-ring (bicyclic) bond motifs is 3. The van der Waals surface area contributed by atoms with Gasteiger partial charge in [0.15, 0.2) is 0 Å². The first kappa shape index (κ1) is 14.2. The molecule has 112 valence electrons. The molecule has 0 aliphatic heterocycles. The summed E-state index contributed by atoms with van der Waals surface area (Å²) in [6, 6.07) is 22.0. The first-order valence-electron chi connectivity index (χ1n) is 7.81. The summed E-state index contributed by atoms with van der Waals surface area (Å²) in [5.41, 5.74) is 6.04. The van der Waals surface area contributed by atoms with Crippen LogP contribution in [0.5, 0.6) is 0 Å². The SMILES string of the molecule is C=C(c1ccc(C)cc1)c1ccc2sc3ccc(C)cc3c2c1. The van der Waals surface area contributed by atoms with Crippen molar-refractivity contribution in [2.24, 2.45) is 0 Å². The molecule has 0 spiro atoms. The Morgan fingerprint density at radius 3 is 2.00 bits per heavy atom. The number of hydrogen-bond donors (Lipinski definition) is 0. The molecule has 0 nitrogen and oxygen atoms in total. The van der Waals surface area contributed by atoms with Gasteiger partial charge in [0.2, 0.25) is 0 Å². The van der Waals surface area contributed by atoms with Crippen LogP contribution in [0.4, 0.5) is 0 Å². The third-order valence-electron chi connectivity index (χ3n) is 4.37. The van der Waals surface area contributed by atoms with Crippen molar-refractivity contribution < 1.29 is 0 Å². The maximum absolute atomic E-state index is 4.32. The third-order valence-corrected chi connectivity index (χ3v) is 5.53. The van der Waals surface area contributed by atoms with Crippen molar-refractivity contribution in [3.05, 3.63) is 89.5 Å². The molecular weight excluding hydrogens is 296 g/mol. The van der Waals surface area contributed by atoms with Crippen molar-refractivity contribution in [3.63, 3.8) is 0 Å². The van der Waals surface area contributed by atoms with E-state index in [1.807, 2.05) is 11.3 Å². The highest BCUT2D eigenvalue weighted by molar-refractivity contribution is 7.25. The maximum atomic E-state index is 4.32. The van der Waals surface area contributed by atoms with Crippen LogP contribution < -0.4 is 0 Å². The first-order valence-corrected chi connectivity index (χ1v) is 8.63. The van der Waals surface area contributed by atoms with E-state index in [4.69, 9.17) is 0 Å². The lowest BCUT2D eigenvalue weighted by atomic mass is 9.97. The lowest BCUT2D eigenvalue weighted by Crippen LogP contribution is -1.86. The Kier molecular flexibility index (Phi) is 3.32. The van der Waals surface area contributed by atoms with Crippen LogP contribution >= 0.6 is 11.3 Å². The zero-order chi connectivity index (χ0) is 16.0.